The fraction of sp³-hybridized carbons (Fsp3) is 0.478. The van der Waals surface area contributed by atoms with E-state index in [9.17, 15) is 14.7 Å². The van der Waals surface area contributed by atoms with Crippen LogP contribution in [-0.4, -0.2) is 27.6 Å². The number of aromatic nitrogens is 1. The highest BCUT2D eigenvalue weighted by Gasteiger charge is 2.31. The van der Waals surface area contributed by atoms with Gasteiger partial charge < -0.3 is 20.3 Å². The summed E-state index contributed by atoms with van der Waals surface area (Å²) in [5, 5.41) is 15.8. The lowest BCUT2D eigenvalue weighted by molar-refractivity contribution is -0.122. The predicted octanol–water partition coefficient (Wildman–Crippen LogP) is 3.96. The van der Waals surface area contributed by atoms with E-state index >= 15 is 0 Å². The normalized spacial score (nSPS) is 26.8. The Morgan fingerprint density at radius 1 is 0.862 bits per heavy atom. The molecule has 2 aliphatic carbocycles. The zero-order valence-corrected chi connectivity index (χ0v) is 16.6. The maximum Gasteiger partial charge on any atom is 0.230 e. The summed E-state index contributed by atoms with van der Waals surface area (Å²) in [5.74, 6) is -0.426. The number of aliphatic hydroxyl groups excluding tert-OH is 1. The van der Waals surface area contributed by atoms with Crippen molar-refractivity contribution in [2.24, 2.45) is 11.8 Å². The number of rotatable bonds is 5. The van der Waals surface area contributed by atoms with Crippen LogP contribution in [0, 0.1) is 11.8 Å². The number of benzene rings is 1. The Hall–Kier alpha value is -2.60. The van der Waals surface area contributed by atoms with Crippen molar-refractivity contribution in [3.05, 3.63) is 48.8 Å². The molecule has 0 aliphatic heterocycles. The van der Waals surface area contributed by atoms with Gasteiger partial charge in [0.25, 0.3) is 0 Å². The molecule has 0 saturated heterocycles. The third-order valence-electron chi connectivity index (χ3n) is 6.33. The van der Waals surface area contributed by atoms with Gasteiger partial charge in [0.2, 0.25) is 11.8 Å². The molecule has 1 aromatic heterocycles. The number of nitrogens with one attached hydrogen (secondary N) is 2. The summed E-state index contributed by atoms with van der Waals surface area (Å²) in [6, 6.07) is 11.8. The van der Waals surface area contributed by atoms with Gasteiger partial charge in [-0.15, -0.1) is 0 Å². The maximum absolute atomic E-state index is 12.7. The Labute approximate surface area is 171 Å². The number of hydrogen-bond donors (Lipinski definition) is 3. The van der Waals surface area contributed by atoms with Crippen molar-refractivity contribution >= 4 is 23.2 Å². The van der Waals surface area contributed by atoms with Crippen LogP contribution < -0.4 is 10.6 Å². The molecular weight excluding hydrogens is 366 g/mol. The van der Waals surface area contributed by atoms with E-state index in [4.69, 9.17) is 0 Å². The average molecular weight is 396 g/mol. The second-order valence-electron chi connectivity index (χ2n) is 8.30. The van der Waals surface area contributed by atoms with Crippen LogP contribution in [0.25, 0.3) is 0 Å². The molecule has 0 bridgehead atoms. The largest absolute Gasteiger partial charge is 0.392 e. The standard InChI is InChI=1S/C23H29N3O3/c27-21-8-4-7-20(21)23(29)25-18-6-3-5-17(15-18)24-22(28)16-9-11-19(12-10-16)26-13-1-2-14-26/h1-3,5-6,13-16,19-21,27H,4,7-12H2,(H,24,28)(H,25,29). The smallest absolute Gasteiger partial charge is 0.230 e. The minimum Gasteiger partial charge on any atom is -0.392 e. The zero-order valence-electron chi connectivity index (χ0n) is 16.6. The molecule has 2 atom stereocenters. The molecule has 3 N–H and O–H groups in total. The topological polar surface area (TPSA) is 83.4 Å². The summed E-state index contributed by atoms with van der Waals surface area (Å²) in [7, 11) is 0. The molecule has 0 radical (unpaired) electrons. The number of nitrogens with zero attached hydrogens (tertiary/aromatic N) is 1. The molecule has 2 amide bonds. The summed E-state index contributed by atoms with van der Waals surface area (Å²) >= 11 is 0. The molecular formula is C23H29N3O3. The van der Waals surface area contributed by atoms with Crippen molar-refractivity contribution in [1.82, 2.24) is 4.57 Å². The maximum atomic E-state index is 12.7. The minimum absolute atomic E-state index is 0.0219. The minimum atomic E-state index is -0.556. The van der Waals surface area contributed by atoms with Crippen LogP contribution >= 0.6 is 0 Å². The van der Waals surface area contributed by atoms with Gasteiger partial charge in [-0.05, 0) is 75.3 Å². The van der Waals surface area contributed by atoms with E-state index < -0.39 is 6.10 Å². The first-order chi connectivity index (χ1) is 14.1. The summed E-state index contributed by atoms with van der Waals surface area (Å²) in [6.45, 7) is 0. The summed E-state index contributed by atoms with van der Waals surface area (Å²) in [5.41, 5.74) is 1.33. The number of carbonyl (C=O) groups excluding carboxylic acids is 2. The highest BCUT2D eigenvalue weighted by atomic mass is 16.3. The molecule has 2 saturated carbocycles. The quantitative estimate of drug-likeness (QED) is 0.717. The molecule has 2 fully saturated rings. The van der Waals surface area contributed by atoms with Gasteiger partial charge in [0.1, 0.15) is 0 Å². The molecule has 29 heavy (non-hydrogen) atoms. The SMILES string of the molecule is O=C(Nc1cccc(NC(=O)C2CCCC2O)c1)C1CCC(n2cccc2)CC1. The van der Waals surface area contributed by atoms with Crippen LogP contribution in [0.3, 0.4) is 0 Å². The Balaban J connectivity index is 1.31. The average Bonchev–Trinajstić information content (AvgIpc) is 3.40. The first-order valence-electron chi connectivity index (χ1n) is 10.6. The lowest BCUT2D eigenvalue weighted by Crippen LogP contribution is -2.29. The van der Waals surface area contributed by atoms with E-state index in [1.165, 1.54) is 0 Å². The lowest BCUT2D eigenvalue weighted by atomic mass is 9.85. The van der Waals surface area contributed by atoms with E-state index in [1.54, 1.807) is 12.1 Å². The number of amides is 2. The lowest BCUT2D eigenvalue weighted by Gasteiger charge is -2.28. The summed E-state index contributed by atoms with van der Waals surface area (Å²) in [6.07, 6.45) is 9.68. The van der Waals surface area contributed by atoms with Gasteiger partial charge in [0, 0.05) is 35.7 Å². The van der Waals surface area contributed by atoms with Crippen molar-refractivity contribution in [3.8, 4) is 0 Å². The second-order valence-corrected chi connectivity index (χ2v) is 8.30. The Morgan fingerprint density at radius 2 is 1.52 bits per heavy atom. The van der Waals surface area contributed by atoms with Gasteiger partial charge in [0.05, 0.1) is 12.0 Å². The number of aliphatic hydroxyl groups is 1. The third-order valence-corrected chi connectivity index (χ3v) is 6.33. The first kappa shape index (κ1) is 19.7. The van der Waals surface area contributed by atoms with Crippen LogP contribution in [0.15, 0.2) is 48.8 Å². The number of anilines is 2. The van der Waals surface area contributed by atoms with E-state index in [0.29, 0.717) is 23.8 Å². The molecule has 4 rings (SSSR count). The fourth-order valence-electron chi connectivity index (χ4n) is 4.63. The summed E-state index contributed by atoms with van der Waals surface area (Å²) in [4.78, 5) is 25.1. The second kappa shape index (κ2) is 8.82. The molecule has 6 heteroatoms. The fourth-order valence-corrected chi connectivity index (χ4v) is 4.63. The molecule has 154 valence electrons. The monoisotopic (exact) mass is 395 g/mol. The van der Waals surface area contributed by atoms with Crippen LogP contribution in [0.1, 0.15) is 51.0 Å². The first-order valence-corrected chi connectivity index (χ1v) is 10.6. The number of carbonyl (C=O) groups is 2. The molecule has 2 aromatic rings. The van der Waals surface area contributed by atoms with Gasteiger partial charge >= 0.3 is 0 Å². The Morgan fingerprint density at radius 3 is 2.14 bits per heavy atom. The number of hydrogen-bond acceptors (Lipinski definition) is 3. The van der Waals surface area contributed by atoms with Gasteiger partial charge in [-0.2, -0.15) is 0 Å². The van der Waals surface area contributed by atoms with Gasteiger partial charge in [-0.1, -0.05) is 6.07 Å². The Kier molecular flexibility index (Phi) is 6.00. The van der Waals surface area contributed by atoms with Crippen LogP contribution in [0.2, 0.25) is 0 Å². The van der Waals surface area contributed by atoms with Crippen molar-refractivity contribution in [3.63, 3.8) is 0 Å². The molecule has 2 unspecified atom stereocenters. The van der Waals surface area contributed by atoms with Gasteiger partial charge in [-0.25, -0.2) is 0 Å². The highest BCUT2D eigenvalue weighted by Crippen LogP contribution is 2.33. The highest BCUT2D eigenvalue weighted by molar-refractivity contribution is 5.96. The van der Waals surface area contributed by atoms with Gasteiger partial charge in [-0.3, -0.25) is 9.59 Å². The molecule has 1 heterocycles. The van der Waals surface area contributed by atoms with Crippen LogP contribution in [0.4, 0.5) is 11.4 Å². The van der Waals surface area contributed by atoms with Gasteiger partial charge in [0.15, 0.2) is 0 Å². The predicted molar refractivity (Wildman–Crippen MR) is 112 cm³/mol. The van der Waals surface area contributed by atoms with Crippen molar-refractivity contribution in [2.75, 3.05) is 10.6 Å². The molecule has 2 aliphatic rings. The van der Waals surface area contributed by atoms with Crippen molar-refractivity contribution in [2.45, 2.75) is 57.1 Å². The third kappa shape index (κ3) is 4.70. The molecule has 6 nitrogen and oxygen atoms in total. The molecule has 0 spiro atoms. The zero-order chi connectivity index (χ0) is 20.2. The van der Waals surface area contributed by atoms with E-state index in [1.807, 2.05) is 24.3 Å². The van der Waals surface area contributed by atoms with E-state index in [-0.39, 0.29) is 23.7 Å². The van der Waals surface area contributed by atoms with Crippen molar-refractivity contribution in [1.29, 1.82) is 0 Å². The van der Waals surface area contributed by atoms with Crippen LogP contribution in [-0.2, 0) is 9.59 Å². The van der Waals surface area contributed by atoms with Crippen LogP contribution in [0.5, 0.6) is 0 Å². The summed E-state index contributed by atoms with van der Waals surface area (Å²) < 4.78 is 2.24. The molecule has 1 aromatic carbocycles. The van der Waals surface area contributed by atoms with E-state index in [2.05, 4.69) is 27.6 Å². The Bertz CT molecular complexity index is 841. The van der Waals surface area contributed by atoms with E-state index in [0.717, 1.165) is 38.5 Å². The van der Waals surface area contributed by atoms with Crippen molar-refractivity contribution < 1.29 is 14.7 Å².